The van der Waals surface area contributed by atoms with Crippen LogP contribution in [0.25, 0.3) is 0 Å². The molecular formula is C13H13ClN4S. The fraction of sp³-hybridized carbons (Fsp3) is 0.308. The molecule has 19 heavy (non-hydrogen) atoms. The van der Waals surface area contributed by atoms with Crippen LogP contribution in [0.5, 0.6) is 0 Å². The van der Waals surface area contributed by atoms with Crippen molar-refractivity contribution in [3.63, 3.8) is 0 Å². The van der Waals surface area contributed by atoms with Crippen molar-refractivity contribution in [2.45, 2.75) is 22.9 Å². The van der Waals surface area contributed by atoms with Crippen molar-refractivity contribution in [3.8, 4) is 0 Å². The highest BCUT2D eigenvalue weighted by Crippen LogP contribution is 2.27. The number of anilines is 1. The number of hydrogen-bond donors (Lipinski definition) is 0. The van der Waals surface area contributed by atoms with E-state index in [4.69, 9.17) is 11.6 Å². The van der Waals surface area contributed by atoms with Crippen LogP contribution in [-0.4, -0.2) is 28.0 Å². The lowest BCUT2D eigenvalue weighted by molar-refractivity contribution is 0.826. The third-order valence-electron chi connectivity index (χ3n) is 2.92. The van der Waals surface area contributed by atoms with E-state index >= 15 is 0 Å². The Morgan fingerprint density at radius 1 is 1.00 bits per heavy atom. The number of hydrogen-bond acceptors (Lipinski definition) is 5. The molecule has 2 heterocycles. The molecule has 1 saturated heterocycles. The molecule has 1 aromatic carbocycles. The molecule has 0 N–H and O–H groups in total. The molecule has 0 spiro atoms. The van der Waals surface area contributed by atoms with Gasteiger partial charge in [0.25, 0.3) is 0 Å². The molecule has 3 rings (SSSR count). The van der Waals surface area contributed by atoms with Gasteiger partial charge in [0.1, 0.15) is 0 Å². The van der Waals surface area contributed by atoms with Crippen LogP contribution in [0.4, 0.5) is 5.95 Å². The molecule has 98 valence electrons. The minimum atomic E-state index is 0.260. The first-order valence-electron chi connectivity index (χ1n) is 6.21. The Morgan fingerprint density at radius 3 is 2.47 bits per heavy atom. The normalized spacial score (nSPS) is 14.9. The SMILES string of the molecule is Clc1nc(Sc2ccccc2)nc(N2CCCC2)n1. The summed E-state index contributed by atoms with van der Waals surface area (Å²) < 4.78 is 0. The van der Waals surface area contributed by atoms with E-state index in [1.54, 1.807) is 0 Å². The van der Waals surface area contributed by atoms with Gasteiger partial charge in [-0.05, 0) is 48.3 Å². The van der Waals surface area contributed by atoms with E-state index in [2.05, 4.69) is 19.9 Å². The highest BCUT2D eigenvalue weighted by molar-refractivity contribution is 7.99. The second kappa shape index (κ2) is 5.75. The minimum Gasteiger partial charge on any atom is -0.341 e. The lowest BCUT2D eigenvalue weighted by Gasteiger charge is -2.15. The van der Waals surface area contributed by atoms with Crippen molar-refractivity contribution >= 4 is 29.3 Å². The van der Waals surface area contributed by atoms with Crippen molar-refractivity contribution in [3.05, 3.63) is 35.6 Å². The van der Waals surface area contributed by atoms with E-state index in [0.717, 1.165) is 18.0 Å². The van der Waals surface area contributed by atoms with Gasteiger partial charge in [-0.15, -0.1) is 0 Å². The molecule has 0 radical (unpaired) electrons. The van der Waals surface area contributed by atoms with Crippen LogP contribution in [0.15, 0.2) is 40.4 Å². The molecule has 1 fully saturated rings. The molecule has 0 unspecified atom stereocenters. The largest absolute Gasteiger partial charge is 0.341 e. The summed E-state index contributed by atoms with van der Waals surface area (Å²) in [7, 11) is 0. The average molecular weight is 293 g/mol. The summed E-state index contributed by atoms with van der Waals surface area (Å²) in [4.78, 5) is 16.1. The van der Waals surface area contributed by atoms with E-state index < -0.39 is 0 Å². The van der Waals surface area contributed by atoms with Gasteiger partial charge in [0.2, 0.25) is 11.2 Å². The molecule has 0 saturated carbocycles. The standard InChI is InChI=1S/C13H13ClN4S/c14-11-15-12(18-8-4-5-9-18)17-13(16-11)19-10-6-2-1-3-7-10/h1-3,6-7H,4-5,8-9H2. The fourth-order valence-corrected chi connectivity index (χ4v) is 2.99. The quantitative estimate of drug-likeness (QED) is 0.868. The van der Waals surface area contributed by atoms with Crippen molar-refractivity contribution in [1.29, 1.82) is 0 Å². The zero-order chi connectivity index (χ0) is 13.1. The van der Waals surface area contributed by atoms with Gasteiger partial charge in [-0.25, -0.2) is 0 Å². The summed E-state index contributed by atoms with van der Waals surface area (Å²) >= 11 is 7.49. The maximum absolute atomic E-state index is 5.99. The first-order valence-corrected chi connectivity index (χ1v) is 7.40. The summed E-state index contributed by atoms with van der Waals surface area (Å²) in [6.45, 7) is 1.99. The number of nitrogens with zero attached hydrogens (tertiary/aromatic N) is 4. The van der Waals surface area contributed by atoms with Crippen molar-refractivity contribution in [1.82, 2.24) is 15.0 Å². The number of halogens is 1. The summed E-state index contributed by atoms with van der Waals surface area (Å²) in [5, 5.41) is 0.906. The third-order valence-corrected chi connectivity index (χ3v) is 3.96. The molecule has 0 aliphatic carbocycles. The summed E-state index contributed by atoms with van der Waals surface area (Å²) in [6.07, 6.45) is 2.37. The van der Waals surface area contributed by atoms with Gasteiger partial charge < -0.3 is 4.90 Å². The molecule has 0 bridgehead atoms. The summed E-state index contributed by atoms with van der Waals surface area (Å²) in [5.74, 6) is 0.691. The predicted molar refractivity (Wildman–Crippen MR) is 76.8 cm³/mol. The Morgan fingerprint density at radius 2 is 1.74 bits per heavy atom. The third kappa shape index (κ3) is 3.16. The number of aromatic nitrogens is 3. The number of rotatable bonds is 3. The van der Waals surface area contributed by atoms with Crippen molar-refractivity contribution in [2.75, 3.05) is 18.0 Å². The van der Waals surface area contributed by atoms with Crippen LogP contribution < -0.4 is 4.90 Å². The molecule has 1 aliphatic heterocycles. The summed E-state index contributed by atoms with van der Waals surface area (Å²) in [5.41, 5.74) is 0. The maximum Gasteiger partial charge on any atom is 0.230 e. The van der Waals surface area contributed by atoms with Crippen LogP contribution >= 0.6 is 23.4 Å². The molecule has 1 aromatic heterocycles. The number of benzene rings is 1. The average Bonchev–Trinajstić information content (AvgIpc) is 2.93. The summed E-state index contributed by atoms with van der Waals surface area (Å²) in [6, 6.07) is 10.0. The fourth-order valence-electron chi connectivity index (χ4n) is 2.02. The van der Waals surface area contributed by atoms with Crippen LogP contribution in [0.3, 0.4) is 0 Å². The smallest absolute Gasteiger partial charge is 0.230 e. The minimum absolute atomic E-state index is 0.260. The topological polar surface area (TPSA) is 41.9 Å². The molecule has 6 heteroatoms. The van der Waals surface area contributed by atoms with E-state index in [1.165, 1.54) is 24.6 Å². The van der Waals surface area contributed by atoms with Gasteiger partial charge in [0.05, 0.1) is 0 Å². The zero-order valence-corrected chi connectivity index (χ0v) is 11.9. The Kier molecular flexibility index (Phi) is 3.84. The first-order chi connectivity index (χ1) is 9.31. The van der Waals surface area contributed by atoms with Gasteiger partial charge in [-0.1, -0.05) is 18.2 Å². The van der Waals surface area contributed by atoms with E-state index in [0.29, 0.717) is 11.1 Å². The Hall–Kier alpha value is -1.33. The second-order valence-electron chi connectivity index (χ2n) is 4.30. The van der Waals surface area contributed by atoms with Crippen molar-refractivity contribution in [2.24, 2.45) is 0 Å². The second-order valence-corrected chi connectivity index (χ2v) is 5.68. The van der Waals surface area contributed by atoms with Crippen LogP contribution in [0.2, 0.25) is 5.28 Å². The first kappa shape index (κ1) is 12.7. The Bertz CT molecular complexity index is 558. The molecule has 1 aliphatic rings. The lowest BCUT2D eigenvalue weighted by Crippen LogP contribution is -2.21. The lowest BCUT2D eigenvalue weighted by atomic mass is 10.4. The molecule has 2 aromatic rings. The predicted octanol–water partition coefficient (Wildman–Crippen LogP) is 3.28. The van der Waals surface area contributed by atoms with Crippen LogP contribution in [0.1, 0.15) is 12.8 Å². The van der Waals surface area contributed by atoms with Gasteiger partial charge in [0.15, 0.2) is 5.16 Å². The molecular weight excluding hydrogens is 280 g/mol. The Labute approximate surface area is 121 Å². The van der Waals surface area contributed by atoms with E-state index in [9.17, 15) is 0 Å². The molecule has 0 amide bonds. The molecule has 0 atom stereocenters. The highest BCUT2D eigenvalue weighted by atomic mass is 35.5. The van der Waals surface area contributed by atoms with E-state index in [-0.39, 0.29) is 5.28 Å². The van der Waals surface area contributed by atoms with Gasteiger partial charge in [-0.2, -0.15) is 15.0 Å². The highest BCUT2D eigenvalue weighted by Gasteiger charge is 2.17. The van der Waals surface area contributed by atoms with Gasteiger partial charge in [0, 0.05) is 18.0 Å². The van der Waals surface area contributed by atoms with Crippen molar-refractivity contribution < 1.29 is 0 Å². The van der Waals surface area contributed by atoms with Crippen LogP contribution in [-0.2, 0) is 0 Å². The zero-order valence-electron chi connectivity index (χ0n) is 10.3. The van der Waals surface area contributed by atoms with E-state index in [1.807, 2.05) is 30.3 Å². The van der Waals surface area contributed by atoms with Gasteiger partial charge in [-0.3, -0.25) is 0 Å². The molecule has 4 nitrogen and oxygen atoms in total. The maximum atomic E-state index is 5.99. The van der Waals surface area contributed by atoms with Gasteiger partial charge >= 0.3 is 0 Å². The monoisotopic (exact) mass is 292 g/mol. The van der Waals surface area contributed by atoms with Crippen LogP contribution in [0, 0.1) is 0 Å². The Balaban J connectivity index is 1.85.